The highest BCUT2D eigenvalue weighted by Crippen LogP contribution is 2.17. The van der Waals surface area contributed by atoms with E-state index in [0.717, 1.165) is 52.4 Å². The first kappa shape index (κ1) is 20.0. The molecule has 0 aromatic heterocycles. The molecule has 1 unspecified atom stereocenters. The van der Waals surface area contributed by atoms with E-state index >= 15 is 0 Å². The molecule has 6 nitrogen and oxygen atoms in total. The maximum atomic E-state index is 12.5. The van der Waals surface area contributed by atoms with Gasteiger partial charge in [-0.15, -0.1) is 0 Å². The Morgan fingerprint density at radius 2 is 2.00 bits per heavy atom. The van der Waals surface area contributed by atoms with Crippen LogP contribution in [0.2, 0.25) is 0 Å². The summed E-state index contributed by atoms with van der Waals surface area (Å²) in [6, 6.07) is 8.59. The fourth-order valence-corrected chi connectivity index (χ4v) is 3.89. The zero-order valence-corrected chi connectivity index (χ0v) is 17.0. The lowest BCUT2D eigenvalue weighted by Crippen LogP contribution is -2.54. The van der Waals surface area contributed by atoms with E-state index in [0.29, 0.717) is 12.5 Å². The van der Waals surface area contributed by atoms with E-state index in [9.17, 15) is 4.79 Å². The fraction of sp³-hybridized carbons (Fsp3) is 0.667. The van der Waals surface area contributed by atoms with Crippen molar-refractivity contribution in [2.45, 2.75) is 26.9 Å². The second kappa shape index (κ2) is 9.42. The van der Waals surface area contributed by atoms with Crippen molar-refractivity contribution in [3.8, 4) is 0 Å². The smallest absolute Gasteiger partial charge is 0.317 e. The average molecular weight is 375 g/mol. The van der Waals surface area contributed by atoms with E-state index in [1.165, 1.54) is 11.3 Å². The molecule has 6 heteroatoms. The van der Waals surface area contributed by atoms with E-state index < -0.39 is 0 Å². The van der Waals surface area contributed by atoms with E-state index in [4.69, 9.17) is 4.74 Å². The molecule has 27 heavy (non-hydrogen) atoms. The molecule has 2 aliphatic rings. The number of benzene rings is 1. The Bertz CT molecular complexity index is 614. The molecule has 1 atom stereocenters. The van der Waals surface area contributed by atoms with Crippen LogP contribution in [0.5, 0.6) is 0 Å². The summed E-state index contributed by atoms with van der Waals surface area (Å²) in [5.41, 5.74) is 2.52. The van der Waals surface area contributed by atoms with Gasteiger partial charge in [-0.1, -0.05) is 26.0 Å². The average Bonchev–Trinajstić information content (AvgIpc) is 2.66. The molecular weight excluding hydrogens is 340 g/mol. The van der Waals surface area contributed by atoms with Crippen LogP contribution in [0, 0.1) is 12.8 Å². The molecule has 0 radical (unpaired) electrons. The van der Waals surface area contributed by atoms with Crippen LogP contribution < -0.4 is 10.2 Å². The van der Waals surface area contributed by atoms with Gasteiger partial charge >= 0.3 is 6.03 Å². The van der Waals surface area contributed by atoms with Crippen LogP contribution in [0.25, 0.3) is 0 Å². The zero-order chi connectivity index (χ0) is 19.2. The maximum Gasteiger partial charge on any atom is 0.317 e. The number of amides is 2. The number of hydrogen-bond donors (Lipinski definition) is 1. The van der Waals surface area contributed by atoms with Gasteiger partial charge in [0.1, 0.15) is 0 Å². The number of ether oxygens (including phenoxy) is 1. The van der Waals surface area contributed by atoms with Gasteiger partial charge in [0.15, 0.2) is 0 Å². The van der Waals surface area contributed by atoms with E-state index in [1.807, 2.05) is 4.90 Å². The number of morpholine rings is 1. The van der Waals surface area contributed by atoms with Gasteiger partial charge < -0.3 is 19.9 Å². The molecule has 0 aliphatic carbocycles. The van der Waals surface area contributed by atoms with Gasteiger partial charge in [-0.3, -0.25) is 4.90 Å². The lowest BCUT2D eigenvalue weighted by atomic mass is 10.2. The molecule has 1 aromatic carbocycles. The standard InChI is InChI=1S/C21H34N4O2/c1-17(2)15-23-11-12-27-20(16-23)14-22-21(26)25-9-7-24(8-10-25)19-6-4-5-18(3)13-19/h4-6,13,17,20H,7-12,14-16H2,1-3H3,(H,22,26). The minimum Gasteiger partial charge on any atom is -0.374 e. The molecule has 2 fully saturated rings. The Kier molecular flexibility index (Phi) is 6.96. The Balaban J connectivity index is 1.40. The van der Waals surface area contributed by atoms with Crippen molar-refractivity contribution in [1.82, 2.24) is 15.1 Å². The quantitative estimate of drug-likeness (QED) is 0.858. The van der Waals surface area contributed by atoms with E-state index in [1.54, 1.807) is 0 Å². The summed E-state index contributed by atoms with van der Waals surface area (Å²) in [7, 11) is 0. The lowest BCUT2D eigenvalue weighted by Gasteiger charge is -2.37. The number of carbonyl (C=O) groups excluding carboxylic acids is 1. The number of anilines is 1. The fourth-order valence-electron chi connectivity index (χ4n) is 3.89. The number of piperazine rings is 1. The number of rotatable bonds is 5. The predicted octanol–water partition coefficient (Wildman–Crippen LogP) is 2.18. The van der Waals surface area contributed by atoms with Crippen LogP contribution in [-0.2, 0) is 4.74 Å². The van der Waals surface area contributed by atoms with Crippen molar-refractivity contribution in [2.24, 2.45) is 5.92 Å². The zero-order valence-electron chi connectivity index (χ0n) is 17.0. The predicted molar refractivity (Wildman–Crippen MR) is 109 cm³/mol. The number of urea groups is 1. The summed E-state index contributed by atoms with van der Waals surface area (Å²) >= 11 is 0. The molecule has 150 valence electrons. The molecule has 0 saturated carbocycles. The molecule has 0 bridgehead atoms. The summed E-state index contributed by atoms with van der Waals surface area (Å²) < 4.78 is 5.83. The first-order valence-electron chi connectivity index (χ1n) is 10.2. The Morgan fingerprint density at radius 1 is 1.22 bits per heavy atom. The normalized spacial score (nSPS) is 21.6. The van der Waals surface area contributed by atoms with Crippen molar-refractivity contribution in [3.63, 3.8) is 0 Å². The van der Waals surface area contributed by atoms with Gasteiger partial charge in [-0.25, -0.2) is 4.79 Å². The highest BCUT2D eigenvalue weighted by molar-refractivity contribution is 5.74. The largest absolute Gasteiger partial charge is 0.374 e. The topological polar surface area (TPSA) is 48.0 Å². The molecule has 2 saturated heterocycles. The monoisotopic (exact) mass is 374 g/mol. The van der Waals surface area contributed by atoms with Crippen LogP contribution in [0.15, 0.2) is 24.3 Å². The number of hydrogen-bond acceptors (Lipinski definition) is 4. The summed E-state index contributed by atoms with van der Waals surface area (Å²) in [5.74, 6) is 0.656. The number of aryl methyl sites for hydroxylation is 1. The second-order valence-corrected chi connectivity index (χ2v) is 8.15. The molecule has 2 aliphatic heterocycles. The van der Waals surface area contributed by atoms with Gasteiger partial charge in [-0.05, 0) is 30.5 Å². The van der Waals surface area contributed by atoms with Crippen LogP contribution in [-0.4, -0.2) is 80.9 Å². The molecular formula is C21H34N4O2. The summed E-state index contributed by atoms with van der Waals surface area (Å²) in [6.07, 6.45) is 0.0926. The number of nitrogens with zero attached hydrogens (tertiary/aromatic N) is 3. The third-order valence-corrected chi connectivity index (χ3v) is 5.26. The van der Waals surface area contributed by atoms with Gasteiger partial charge in [-0.2, -0.15) is 0 Å². The number of carbonyl (C=O) groups is 1. The van der Waals surface area contributed by atoms with Crippen LogP contribution in [0.1, 0.15) is 19.4 Å². The maximum absolute atomic E-state index is 12.5. The molecule has 1 aromatic rings. The van der Waals surface area contributed by atoms with Gasteiger partial charge in [0.25, 0.3) is 0 Å². The van der Waals surface area contributed by atoms with Crippen molar-refractivity contribution >= 4 is 11.7 Å². The molecule has 2 amide bonds. The third kappa shape index (κ3) is 5.84. The van der Waals surface area contributed by atoms with Crippen molar-refractivity contribution in [1.29, 1.82) is 0 Å². The Labute approximate surface area is 163 Å². The van der Waals surface area contributed by atoms with Crippen LogP contribution in [0.3, 0.4) is 0 Å². The van der Waals surface area contributed by atoms with Crippen LogP contribution in [0.4, 0.5) is 10.5 Å². The first-order chi connectivity index (χ1) is 13.0. The Morgan fingerprint density at radius 3 is 2.70 bits per heavy atom. The van der Waals surface area contributed by atoms with Gasteiger partial charge in [0, 0.05) is 58.0 Å². The minimum absolute atomic E-state index is 0.0310. The minimum atomic E-state index is 0.0310. The SMILES string of the molecule is Cc1cccc(N2CCN(C(=O)NCC3CN(CC(C)C)CCO3)CC2)c1. The highest BCUT2D eigenvalue weighted by Gasteiger charge is 2.24. The van der Waals surface area contributed by atoms with E-state index in [2.05, 4.69) is 60.2 Å². The highest BCUT2D eigenvalue weighted by atomic mass is 16.5. The van der Waals surface area contributed by atoms with Gasteiger partial charge in [0.05, 0.1) is 12.7 Å². The van der Waals surface area contributed by atoms with Crippen molar-refractivity contribution in [3.05, 3.63) is 29.8 Å². The molecule has 3 rings (SSSR count). The van der Waals surface area contributed by atoms with Crippen LogP contribution >= 0.6 is 0 Å². The third-order valence-electron chi connectivity index (χ3n) is 5.26. The summed E-state index contributed by atoms with van der Waals surface area (Å²) in [6.45, 7) is 14.2. The summed E-state index contributed by atoms with van der Waals surface area (Å²) in [5, 5.41) is 3.08. The first-order valence-corrected chi connectivity index (χ1v) is 10.2. The van der Waals surface area contributed by atoms with E-state index in [-0.39, 0.29) is 12.1 Å². The van der Waals surface area contributed by atoms with Crippen molar-refractivity contribution < 1.29 is 9.53 Å². The molecule has 0 spiro atoms. The van der Waals surface area contributed by atoms with Gasteiger partial charge in [0.2, 0.25) is 0 Å². The number of nitrogens with one attached hydrogen (secondary N) is 1. The Hall–Kier alpha value is -1.79. The summed E-state index contributed by atoms with van der Waals surface area (Å²) in [4.78, 5) is 19.2. The lowest BCUT2D eigenvalue weighted by molar-refractivity contribution is -0.0294. The molecule has 1 N–H and O–H groups in total. The molecule has 2 heterocycles. The van der Waals surface area contributed by atoms with Crippen molar-refractivity contribution in [2.75, 3.05) is 63.9 Å². The second-order valence-electron chi connectivity index (χ2n) is 8.15.